The van der Waals surface area contributed by atoms with Crippen molar-refractivity contribution >= 4 is 0 Å². The second-order valence-corrected chi connectivity index (χ2v) is 6.17. The van der Waals surface area contributed by atoms with E-state index in [1.54, 1.807) is 7.11 Å². The zero-order valence-corrected chi connectivity index (χ0v) is 14.3. The quantitative estimate of drug-likeness (QED) is 0.864. The van der Waals surface area contributed by atoms with Crippen molar-refractivity contribution in [2.45, 2.75) is 46.2 Å². The van der Waals surface area contributed by atoms with Gasteiger partial charge in [0.15, 0.2) is 0 Å². The summed E-state index contributed by atoms with van der Waals surface area (Å²) in [4.78, 5) is 2.26. The van der Waals surface area contributed by atoms with Crippen molar-refractivity contribution in [3.63, 3.8) is 0 Å². The van der Waals surface area contributed by atoms with Gasteiger partial charge in [-0.1, -0.05) is 19.1 Å². The van der Waals surface area contributed by atoms with E-state index in [0.717, 1.165) is 12.3 Å². The van der Waals surface area contributed by atoms with Crippen molar-refractivity contribution in [2.75, 3.05) is 27.7 Å². The van der Waals surface area contributed by atoms with Crippen LogP contribution in [0.25, 0.3) is 0 Å². The second kappa shape index (κ2) is 6.59. The number of nitrogens with one attached hydrogen (secondary N) is 1. The summed E-state index contributed by atoms with van der Waals surface area (Å²) in [5.74, 6) is 1.01. The van der Waals surface area contributed by atoms with Crippen molar-refractivity contribution in [2.24, 2.45) is 0 Å². The lowest BCUT2D eigenvalue weighted by Crippen LogP contribution is -2.49. The summed E-state index contributed by atoms with van der Waals surface area (Å²) in [5, 5.41) is 3.62. The minimum Gasteiger partial charge on any atom is -0.496 e. The summed E-state index contributed by atoms with van der Waals surface area (Å²) in [6, 6.07) is 4.60. The molecule has 0 bridgehead atoms. The van der Waals surface area contributed by atoms with Crippen molar-refractivity contribution in [1.29, 1.82) is 0 Å². The van der Waals surface area contributed by atoms with E-state index in [0.29, 0.717) is 0 Å². The number of methoxy groups -OCH3 is 1. The molecule has 1 atom stereocenters. The molecule has 0 amide bonds. The average Bonchev–Trinajstić information content (AvgIpc) is 2.39. The smallest absolute Gasteiger partial charge is 0.126 e. The van der Waals surface area contributed by atoms with E-state index in [4.69, 9.17) is 4.74 Å². The lowest BCUT2D eigenvalue weighted by Gasteiger charge is -2.41. The third kappa shape index (κ3) is 3.15. The number of nitrogens with zero attached hydrogens (tertiary/aromatic N) is 1. The molecule has 0 radical (unpaired) electrons. The zero-order chi connectivity index (χ0) is 15.5. The normalized spacial score (nSPS) is 13.7. The lowest BCUT2D eigenvalue weighted by molar-refractivity contribution is 0.137. The zero-order valence-electron chi connectivity index (χ0n) is 14.3. The monoisotopic (exact) mass is 278 g/mol. The molecular weight excluding hydrogens is 248 g/mol. The third-order valence-corrected chi connectivity index (χ3v) is 4.49. The Hall–Kier alpha value is -1.06. The van der Waals surface area contributed by atoms with E-state index in [2.05, 4.69) is 71.1 Å². The van der Waals surface area contributed by atoms with Crippen LogP contribution in [0.2, 0.25) is 0 Å². The number of aryl methyl sites for hydroxylation is 1. The van der Waals surface area contributed by atoms with E-state index in [1.807, 2.05) is 0 Å². The maximum absolute atomic E-state index is 5.70. The Labute approximate surface area is 124 Å². The minimum absolute atomic E-state index is 0.00894. The fourth-order valence-electron chi connectivity index (χ4n) is 2.51. The molecule has 0 spiro atoms. The van der Waals surface area contributed by atoms with E-state index >= 15 is 0 Å². The first-order valence-corrected chi connectivity index (χ1v) is 7.32. The summed E-state index contributed by atoms with van der Waals surface area (Å²) in [7, 11) is 6.01. The summed E-state index contributed by atoms with van der Waals surface area (Å²) >= 11 is 0. The van der Waals surface area contributed by atoms with Crippen LogP contribution in [-0.2, 0) is 0 Å². The first-order valence-electron chi connectivity index (χ1n) is 7.32. The maximum atomic E-state index is 5.70. The Morgan fingerprint density at radius 3 is 2.30 bits per heavy atom. The van der Waals surface area contributed by atoms with E-state index < -0.39 is 0 Å². The highest BCUT2D eigenvalue weighted by Gasteiger charge is 2.34. The standard InChI is InChI=1S/C17H30N2O/c1-9-18-16(17(4,5)19(6)7)14-11-10-12(2)13(3)15(14)20-8/h10-11,16,18H,9H2,1-8H3. The highest BCUT2D eigenvalue weighted by atomic mass is 16.5. The van der Waals surface area contributed by atoms with E-state index in [1.165, 1.54) is 16.7 Å². The molecule has 0 aliphatic rings. The van der Waals surface area contributed by atoms with Gasteiger partial charge in [0.1, 0.15) is 5.75 Å². The first kappa shape index (κ1) is 17.0. The molecule has 3 nitrogen and oxygen atoms in total. The first-order chi connectivity index (χ1) is 9.27. The molecule has 114 valence electrons. The van der Waals surface area contributed by atoms with E-state index in [9.17, 15) is 0 Å². The van der Waals surface area contributed by atoms with Gasteiger partial charge in [-0.15, -0.1) is 0 Å². The van der Waals surface area contributed by atoms with Gasteiger partial charge in [-0.2, -0.15) is 0 Å². The van der Waals surface area contributed by atoms with Gasteiger partial charge < -0.3 is 15.0 Å². The van der Waals surface area contributed by atoms with Crippen LogP contribution in [0.5, 0.6) is 5.75 Å². The molecule has 3 heteroatoms. The van der Waals surface area contributed by atoms with Gasteiger partial charge in [-0.25, -0.2) is 0 Å². The van der Waals surface area contributed by atoms with Crippen LogP contribution in [0.3, 0.4) is 0 Å². The molecule has 0 fully saturated rings. The second-order valence-electron chi connectivity index (χ2n) is 6.17. The molecule has 1 rings (SSSR count). The molecule has 1 aromatic carbocycles. The Balaban J connectivity index is 3.40. The Kier molecular flexibility index (Phi) is 5.60. The highest BCUT2D eigenvalue weighted by Crippen LogP contribution is 2.37. The van der Waals surface area contributed by atoms with Gasteiger partial charge in [0.05, 0.1) is 13.2 Å². The molecule has 20 heavy (non-hydrogen) atoms. The number of likely N-dealkylation sites (N-methyl/N-ethyl adjacent to an activating group) is 2. The van der Waals surface area contributed by atoms with Crippen LogP contribution >= 0.6 is 0 Å². The Morgan fingerprint density at radius 2 is 1.85 bits per heavy atom. The molecule has 0 saturated carbocycles. The summed E-state index contributed by atoms with van der Waals surface area (Å²) < 4.78 is 5.70. The predicted molar refractivity (Wildman–Crippen MR) is 86.7 cm³/mol. The van der Waals surface area contributed by atoms with E-state index in [-0.39, 0.29) is 11.6 Å². The van der Waals surface area contributed by atoms with Gasteiger partial charge in [0.25, 0.3) is 0 Å². The average molecular weight is 278 g/mol. The van der Waals surface area contributed by atoms with Gasteiger partial charge in [-0.05, 0) is 59.5 Å². The van der Waals surface area contributed by atoms with Crippen LogP contribution in [-0.4, -0.2) is 38.2 Å². The van der Waals surface area contributed by atoms with Crippen LogP contribution in [0.1, 0.15) is 43.5 Å². The molecule has 1 unspecified atom stereocenters. The van der Waals surface area contributed by atoms with Gasteiger partial charge in [-0.3, -0.25) is 0 Å². The Morgan fingerprint density at radius 1 is 1.25 bits per heavy atom. The number of rotatable bonds is 6. The molecule has 0 aromatic heterocycles. The van der Waals surface area contributed by atoms with Crippen LogP contribution in [0.4, 0.5) is 0 Å². The summed E-state index contributed by atoms with van der Waals surface area (Å²) in [6.45, 7) is 11.8. The molecule has 0 aliphatic heterocycles. The largest absolute Gasteiger partial charge is 0.496 e. The van der Waals surface area contributed by atoms with Gasteiger partial charge in [0.2, 0.25) is 0 Å². The summed E-state index contributed by atoms with van der Waals surface area (Å²) in [6.07, 6.45) is 0. The minimum atomic E-state index is -0.00894. The molecular formula is C17H30N2O. The number of benzene rings is 1. The van der Waals surface area contributed by atoms with Crippen molar-refractivity contribution in [3.05, 3.63) is 28.8 Å². The fourth-order valence-corrected chi connectivity index (χ4v) is 2.51. The van der Waals surface area contributed by atoms with Crippen LogP contribution < -0.4 is 10.1 Å². The summed E-state index contributed by atoms with van der Waals surface area (Å²) in [5.41, 5.74) is 3.72. The fraction of sp³-hybridized carbons (Fsp3) is 0.647. The van der Waals surface area contributed by atoms with Gasteiger partial charge in [0, 0.05) is 11.1 Å². The number of hydrogen-bond acceptors (Lipinski definition) is 3. The van der Waals surface area contributed by atoms with Crippen LogP contribution in [0.15, 0.2) is 12.1 Å². The highest BCUT2D eigenvalue weighted by molar-refractivity contribution is 5.47. The van der Waals surface area contributed by atoms with Crippen molar-refractivity contribution < 1.29 is 4.74 Å². The molecule has 1 N–H and O–H groups in total. The third-order valence-electron chi connectivity index (χ3n) is 4.49. The molecule has 0 saturated heterocycles. The molecule has 0 aliphatic carbocycles. The SMILES string of the molecule is CCNC(c1ccc(C)c(C)c1OC)C(C)(C)N(C)C. The topological polar surface area (TPSA) is 24.5 Å². The predicted octanol–water partition coefficient (Wildman–Crippen LogP) is 3.30. The lowest BCUT2D eigenvalue weighted by atomic mass is 9.85. The molecule has 1 aromatic rings. The number of hydrogen-bond donors (Lipinski definition) is 1. The van der Waals surface area contributed by atoms with Gasteiger partial charge >= 0.3 is 0 Å². The number of ether oxygens (including phenoxy) is 1. The Bertz CT molecular complexity index is 453. The maximum Gasteiger partial charge on any atom is 0.126 e. The van der Waals surface area contributed by atoms with Crippen molar-refractivity contribution in [3.8, 4) is 5.75 Å². The molecule has 0 heterocycles. The van der Waals surface area contributed by atoms with Crippen LogP contribution in [0, 0.1) is 13.8 Å². The van der Waals surface area contributed by atoms with Crippen molar-refractivity contribution in [1.82, 2.24) is 10.2 Å².